The van der Waals surface area contributed by atoms with Gasteiger partial charge in [0.1, 0.15) is 11.9 Å². The number of aryl methyl sites for hydroxylation is 1. The molecule has 0 aliphatic heterocycles. The van der Waals surface area contributed by atoms with Gasteiger partial charge in [0.15, 0.2) is 0 Å². The molecule has 1 aromatic carbocycles. The number of benzene rings is 1. The van der Waals surface area contributed by atoms with E-state index in [9.17, 15) is 0 Å². The highest BCUT2D eigenvalue weighted by Crippen LogP contribution is 2.25. The first kappa shape index (κ1) is 16.0. The summed E-state index contributed by atoms with van der Waals surface area (Å²) < 4.78 is 6.07. The van der Waals surface area contributed by atoms with Gasteiger partial charge in [-0.2, -0.15) is 0 Å². The fourth-order valence-electron chi connectivity index (χ4n) is 1.87. The second-order valence-corrected chi connectivity index (χ2v) is 5.83. The lowest BCUT2D eigenvalue weighted by molar-refractivity contribution is 0.210. The van der Waals surface area contributed by atoms with Crippen molar-refractivity contribution in [3.8, 4) is 5.75 Å². The Morgan fingerprint density at radius 2 is 1.84 bits per heavy atom. The first-order valence-corrected chi connectivity index (χ1v) is 7.44. The van der Waals surface area contributed by atoms with Crippen LogP contribution in [0.4, 0.5) is 0 Å². The molecule has 0 saturated carbocycles. The second-order valence-electron chi connectivity index (χ2n) is 5.83. The Bertz CT molecular complexity index is 387. The number of hydrogen-bond acceptors (Lipinski definition) is 2. The Balaban J connectivity index is 2.62. The van der Waals surface area contributed by atoms with Crippen molar-refractivity contribution in [2.75, 3.05) is 6.54 Å². The minimum atomic E-state index is 0.190. The molecule has 0 aliphatic rings. The molecule has 0 aliphatic carbocycles. The van der Waals surface area contributed by atoms with Crippen molar-refractivity contribution in [1.29, 1.82) is 0 Å². The molecule has 2 unspecified atom stereocenters. The minimum absolute atomic E-state index is 0.190. The molecular weight excluding hydrogens is 234 g/mol. The SMILES string of the molecule is CCC(C)NCC(C)Oc1cc(C(C)C)ccc1C. The van der Waals surface area contributed by atoms with E-state index in [1.807, 2.05) is 0 Å². The van der Waals surface area contributed by atoms with Crippen LogP contribution in [0.15, 0.2) is 18.2 Å². The van der Waals surface area contributed by atoms with Gasteiger partial charge < -0.3 is 10.1 Å². The van der Waals surface area contributed by atoms with Crippen molar-refractivity contribution in [1.82, 2.24) is 5.32 Å². The number of hydrogen-bond donors (Lipinski definition) is 1. The van der Waals surface area contributed by atoms with Crippen molar-refractivity contribution in [3.05, 3.63) is 29.3 Å². The topological polar surface area (TPSA) is 21.3 Å². The average Bonchev–Trinajstić information content (AvgIpc) is 2.38. The van der Waals surface area contributed by atoms with Gasteiger partial charge in [-0.25, -0.2) is 0 Å². The van der Waals surface area contributed by atoms with Crippen LogP contribution in [0.1, 0.15) is 58.1 Å². The van der Waals surface area contributed by atoms with E-state index in [4.69, 9.17) is 4.74 Å². The molecule has 0 bridgehead atoms. The van der Waals surface area contributed by atoms with Crippen molar-refractivity contribution in [2.45, 2.75) is 66.0 Å². The second kappa shape index (κ2) is 7.54. The van der Waals surface area contributed by atoms with Gasteiger partial charge in [-0.15, -0.1) is 0 Å². The van der Waals surface area contributed by atoms with E-state index in [1.165, 1.54) is 11.1 Å². The summed E-state index contributed by atoms with van der Waals surface area (Å²) in [6.45, 7) is 13.9. The molecule has 2 heteroatoms. The summed E-state index contributed by atoms with van der Waals surface area (Å²) in [4.78, 5) is 0. The predicted octanol–water partition coefficient (Wildman–Crippen LogP) is 4.27. The maximum atomic E-state index is 6.07. The third-order valence-electron chi connectivity index (χ3n) is 3.57. The molecule has 2 atom stereocenters. The zero-order valence-electron chi connectivity index (χ0n) is 13.3. The summed E-state index contributed by atoms with van der Waals surface area (Å²) in [5, 5.41) is 3.48. The third-order valence-corrected chi connectivity index (χ3v) is 3.57. The Kier molecular flexibility index (Phi) is 6.36. The maximum absolute atomic E-state index is 6.07. The predicted molar refractivity (Wildman–Crippen MR) is 83.1 cm³/mol. The molecule has 0 saturated heterocycles. The van der Waals surface area contributed by atoms with Crippen LogP contribution in [0.5, 0.6) is 5.75 Å². The van der Waals surface area contributed by atoms with Crippen LogP contribution in [0, 0.1) is 6.92 Å². The Labute approximate surface area is 118 Å². The monoisotopic (exact) mass is 263 g/mol. The standard InChI is InChI=1S/C17H29NO/c1-7-14(5)18-11-15(6)19-17-10-16(12(2)3)9-8-13(17)4/h8-10,12,14-15,18H,7,11H2,1-6H3. The van der Waals surface area contributed by atoms with Crippen LogP contribution in [0.3, 0.4) is 0 Å². The van der Waals surface area contributed by atoms with Crippen molar-refractivity contribution in [2.24, 2.45) is 0 Å². The lowest BCUT2D eigenvalue weighted by atomic mass is 10.0. The minimum Gasteiger partial charge on any atom is -0.489 e. The van der Waals surface area contributed by atoms with E-state index < -0.39 is 0 Å². The molecule has 0 aromatic heterocycles. The van der Waals surface area contributed by atoms with Gasteiger partial charge in [-0.3, -0.25) is 0 Å². The van der Waals surface area contributed by atoms with Gasteiger partial charge in [0, 0.05) is 12.6 Å². The zero-order chi connectivity index (χ0) is 14.4. The van der Waals surface area contributed by atoms with Gasteiger partial charge in [-0.05, 0) is 50.3 Å². The van der Waals surface area contributed by atoms with Crippen LogP contribution < -0.4 is 10.1 Å². The summed E-state index contributed by atoms with van der Waals surface area (Å²) in [6.07, 6.45) is 1.34. The van der Waals surface area contributed by atoms with Crippen LogP contribution >= 0.6 is 0 Å². The molecular formula is C17H29NO. The van der Waals surface area contributed by atoms with E-state index in [0.717, 1.165) is 18.7 Å². The largest absolute Gasteiger partial charge is 0.489 e. The maximum Gasteiger partial charge on any atom is 0.122 e. The Morgan fingerprint density at radius 3 is 2.42 bits per heavy atom. The van der Waals surface area contributed by atoms with E-state index in [1.54, 1.807) is 0 Å². The summed E-state index contributed by atoms with van der Waals surface area (Å²) in [6, 6.07) is 7.07. The van der Waals surface area contributed by atoms with Gasteiger partial charge in [0.25, 0.3) is 0 Å². The van der Waals surface area contributed by atoms with E-state index >= 15 is 0 Å². The fourth-order valence-corrected chi connectivity index (χ4v) is 1.87. The number of nitrogens with one attached hydrogen (secondary N) is 1. The molecule has 108 valence electrons. The van der Waals surface area contributed by atoms with Crippen molar-refractivity contribution >= 4 is 0 Å². The van der Waals surface area contributed by atoms with E-state index in [-0.39, 0.29) is 6.10 Å². The Hall–Kier alpha value is -1.02. The fraction of sp³-hybridized carbons (Fsp3) is 0.647. The van der Waals surface area contributed by atoms with Gasteiger partial charge >= 0.3 is 0 Å². The molecule has 0 heterocycles. The smallest absolute Gasteiger partial charge is 0.122 e. The van der Waals surface area contributed by atoms with Crippen molar-refractivity contribution < 1.29 is 4.74 Å². The highest BCUT2D eigenvalue weighted by atomic mass is 16.5. The quantitative estimate of drug-likeness (QED) is 0.793. The summed E-state index contributed by atoms with van der Waals surface area (Å²) in [5.41, 5.74) is 2.54. The summed E-state index contributed by atoms with van der Waals surface area (Å²) in [5.74, 6) is 1.56. The van der Waals surface area contributed by atoms with Crippen LogP contribution in [-0.2, 0) is 0 Å². The van der Waals surface area contributed by atoms with Crippen LogP contribution in [0.25, 0.3) is 0 Å². The zero-order valence-corrected chi connectivity index (χ0v) is 13.3. The van der Waals surface area contributed by atoms with Gasteiger partial charge in [0.05, 0.1) is 0 Å². The Morgan fingerprint density at radius 1 is 1.16 bits per heavy atom. The molecule has 1 rings (SSSR count). The number of ether oxygens (including phenoxy) is 1. The third kappa shape index (κ3) is 5.23. The molecule has 2 nitrogen and oxygen atoms in total. The first-order valence-electron chi connectivity index (χ1n) is 7.44. The number of rotatable bonds is 7. The van der Waals surface area contributed by atoms with Crippen LogP contribution in [0.2, 0.25) is 0 Å². The van der Waals surface area contributed by atoms with Crippen LogP contribution in [-0.4, -0.2) is 18.7 Å². The van der Waals surface area contributed by atoms with Gasteiger partial charge in [-0.1, -0.05) is 32.9 Å². The van der Waals surface area contributed by atoms with Gasteiger partial charge in [0.2, 0.25) is 0 Å². The highest BCUT2D eigenvalue weighted by molar-refractivity contribution is 5.37. The molecule has 19 heavy (non-hydrogen) atoms. The van der Waals surface area contributed by atoms with Crippen molar-refractivity contribution in [3.63, 3.8) is 0 Å². The average molecular weight is 263 g/mol. The summed E-state index contributed by atoms with van der Waals surface area (Å²) >= 11 is 0. The molecule has 0 fully saturated rings. The lowest BCUT2D eigenvalue weighted by Crippen LogP contribution is -2.34. The van der Waals surface area contributed by atoms with E-state index in [2.05, 4.69) is 65.1 Å². The molecule has 0 radical (unpaired) electrons. The molecule has 0 spiro atoms. The molecule has 1 N–H and O–H groups in total. The molecule has 0 amide bonds. The first-order chi connectivity index (χ1) is 8.93. The lowest BCUT2D eigenvalue weighted by Gasteiger charge is -2.20. The molecule has 1 aromatic rings. The highest BCUT2D eigenvalue weighted by Gasteiger charge is 2.09. The van der Waals surface area contributed by atoms with E-state index in [0.29, 0.717) is 12.0 Å². The summed E-state index contributed by atoms with van der Waals surface area (Å²) in [7, 11) is 0. The normalized spacial score (nSPS) is 14.5.